The lowest BCUT2D eigenvalue weighted by atomic mass is 9.80. The fraction of sp³-hybridized carbons (Fsp3) is 0.125. The third-order valence-electron chi connectivity index (χ3n) is 1.54. The van der Waals surface area contributed by atoms with E-state index in [1.807, 2.05) is 6.07 Å². The van der Waals surface area contributed by atoms with Crippen LogP contribution >= 0.6 is 0 Å². The molecular weight excluding hydrogens is 153 g/mol. The zero-order valence-corrected chi connectivity index (χ0v) is 6.44. The molecule has 2 N–H and O–H groups in total. The van der Waals surface area contributed by atoms with E-state index in [-0.39, 0.29) is 6.32 Å². The highest BCUT2D eigenvalue weighted by atomic mass is 16.4. The normalized spacial score (nSPS) is 9.08. The summed E-state index contributed by atoms with van der Waals surface area (Å²) in [6, 6.07) is 8.84. The Morgan fingerprint density at radius 3 is 2.58 bits per heavy atom. The van der Waals surface area contributed by atoms with E-state index >= 15 is 0 Å². The Kier molecular flexibility index (Phi) is 2.86. The molecule has 3 nitrogen and oxygen atoms in total. The quantitative estimate of drug-likeness (QED) is 0.605. The first kappa shape index (κ1) is 8.79. The van der Waals surface area contributed by atoms with Crippen molar-refractivity contribution in [2.45, 2.75) is 6.32 Å². The molecule has 0 fully saturated rings. The molecule has 0 aliphatic heterocycles. The molecule has 0 aliphatic carbocycles. The summed E-state index contributed by atoms with van der Waals surface area (Å²) >= 11 is 0. The molecule has 0 heterocycles. The van der Waals surface area contributed by atoms with Crippen LogP contribution in [-0.2, 0) is 6.32 Å². The van der Waals surface area contributed by atoms with E-state index in [9.17, 15) is 0 Å². The van der Waals surface area contributed by atoms with Crippen molar-refractivity contribution in [2.75, 3.05) is 0 Å². The minimum absolute atomic E-state index is 0.101. The van der Waals surface area contributed by atoms with Gasteiger partial charge in [0.2, 0.25) is 0 Å². The van der Waals surface area contributed by atoms with Crippen LogP contribution in [0.25, 0.3) is 0 Å². The lowest BCUT2D eigenvalue weighted by molar-refractivity contribution is 0.405. The van der Waals surface area contributed by atoms with E-state index < -0.39 is 7.12 Å². The van der Waals surface area contributed by atoms with Gasteiger partial charge in [-0.2, -0.15) is 5.26 Å². The first-order valence-electron chi connectivity index (χ1n) is 3.58. The number of hydrogen-bond donors (Lipinski definition) is 2. The molecule has 1 aromatic rings. The van der Waals surface area contributed by atoms with Crippen LogP contribution < -0.4 is 0 Å². The molecule has 0 atom stereocenters. The van der Waals surface area contributed by atoms with Crippen LogP contribution in [0.3, 0.4) is 0 Å². The molecule has 60 valence electrons. The summed E-state index contributed by atoms with van der Waals surface area (Å²) in [4.78, 5) is 0. The van der Waals surface area contributed by atoms with Crippen LogP contribution in [0.5, 0.6) is 0 Å². The summed E-state index contributed by atoms with van der Waals surface area (Å²) in [5.41, 5.74) is 1.15. The van der Waals surface area contributed by atoms with Crippen molar-refractivity contribution in [1.82, 2.24) is 0 Å². The minimum atomic E-state index is -1.39. The topological polar surface area (TPSA) is 64.2 Å². The third-order valence-corrected chi connectivity index (χ3v) is 1.54. The number of rotatable bonds is 2. The second-order valence-electron chi connectivity index (χ2n) is 2.45. The molecule has 1 aromatic carbocycles. The largest absolute Gasteiger partial charge is 0.456 e. The van der Waals surface area contributed by atoms with Gasteiger partial charge in [-0.25, -0.2) is 0 Å². The lowest BCUT2D eigenvalue weighted by Gasteiger charge is -2.00. The van der Waals surface area contributed by atoms with Crippen molar-refractivity contribution in [1.29, 1.82) is 5.26 Å². The molecule has 0 spiro atoms. The Balaban J connectivity index is 2.91. The fourth-order valence-electron chi connectivity index (χ4n) is 1.00. The fourth-order valence-corrected chi connectivity index (χ4v) is 1.00. The number of nitriles is 1. The van der Waals surface area contributed by atoms with Gasteiger partial charge in [-0.05, 0) is 11.6 Å². The standard InChI is InChI=1S/C8H8BNO2/c10-6-8-4-2-1-3-7(8)5-9(11)12/h1-4,11-12H,5H2. The van der Waals surface area contributed by atoms with Crippen LogP contribution in [0, 0.1) is 11.3 Å². The van der Waals surface area contributed by atoms with Crippen molar-refractivity contribution in [3.05, 3.63) is 35.4 Å². The number of hydrogen-bond acceptors (Lipinski definition) is 3. The zero-order chi connectivity index (χ0) is 8.97. The Labute approximate surface area is 71.0 Å². The highest BCUT2D eigenvalue weighted by Gasteiger charge is 2.10. The van der Waals surface area contributed by atoms with Gasteiger partial charge in [-0.1, -0.05) is 18.2 Å². The summed E-state index contributed by atoms with van der Waals surface area (Å²) in [6.07, 6.45) is 0.101. The Bertz CT molecular complexity index is 306. The highest BCUT2D eigenvalue weighted by Crippen LogP contribution is 2.07. The van der Waals surface area contributed by atoms with Crippen LogP contribution in [0.2, 0.25) is 0 Å². The van der Waals surface area contributed by atoms with Gasteiger partial charge in [0.1, 0.15) is 0 Å². The predicted molar refractivity (Wildman–Crippen MR) is 45.1 cm³/mol. The molecule has 0 saturated heterocycles. The summed E-state index contributed by atoms with van der Waals surface area (Å²) in [7, 11) is -1.39. The first-order valence-corrected chi connectivity index (χ1v) is 3.58. The van der Waals surface area contributed by atoms with Crippen molar-refractivity contribution < 1.29 is 10.0 Å². The average Bonchev–Trinajstić information content (AvgIpc) is 2.04. The molecule has 0 amide bonds. The van der Waals surface area contributed by atoms with Gasteiger partial charge in [0.25, 0.3) is 0 Å². The smallest absolute Gasteiger partial charge is 0.427 e. The monoisotopic (exact) mass is 161 g/mol. The first-order chi connectivity index (χ1) is 5.74. The Morgan fingerprint density at radius 2 is 2.00 bits per heavy atom. The minimum Gasteiger partial charge on any atom is -0.427 e. The van der Waals surface area contributed by atoms with Gasteiger partial charge < -0.3 is 10.0 Å². The molecule has 0 unspecified atom stereocenters. The summed E-state index contributed by atoms with van der Waals surface area (Å²) in [5, 5.41) is 26.0. The van der Waals surface area contributed by atoms with Gasteiger partial charge in [-0.3, -0.25) is 0 Å². The van der Waals surface area contributed by atoms with Crippen molar-refractivity contribution >= 4 is 7.12 Å². The van der Waals surface area contributed by atoms with Crippen molar-refractivity contribution in [3.63, 3.8) is 0 Å². The second kappa shape index (κ2) is 3.91. The van der Waals surface area contributed by atoms with Crippen LogP contribution in [-0.4, -0.2) is 17.2 Å². The van der Waals surface area contributed by atoms with Gasteiger partial charge in [0.05, 0.1) is 11.6 Å². The lowest BCUT2D eigenvalue weighted by Crippen LogP contribution is -2.15. The summed E-state index contributed by atoms with van der Waals surface area (Å²) in [6.45, 7) is 0. The summed E-state index contributed by atoms with van der Waals surface area (Å²) < 4.78 is 0. The van der Waals surface area contributed by atoms with Crippen LogP contribution in [0.4, 0.5) is 0 Å². The predicted octanol–water partition coefficient (Wildman–Crippen LogP) is 0.113. The molecule has 12 heavy (non-hydrogen) atoms. The van der Waals surface area contributed by atoms with Gasteiger partial charge in [-0.15, -0.1) is 0 Å². The molecule has 4 heteroatoms. The zero-order valence-electron chi connectivity index (χ0n) is 6.44. The maximum absolute atomic E-state index is 8.67. The molecule has 0 radical (unpaired) electrons. The molecule has 1 rings (SSSR count). The molecule has 0 saturated carbocycles. The van der Waals surface area contributed by atoms with E-state index in [0.717, 1.165) is 0 Å². The van der Waals surface area contributed by atoms with E-state index in [1.165, 1.54) is 0 Å². The molecule has 0 aliphatic rings. The molecule has 0 bridgehead atoms. The average molecular weight is 161 g/mol. The summed E-state index contributed by atoms with van der Waals surface area (Å²) in [5.74, 6) is 0. The Morgan fingerprint density at radius 1 is 1.33 bits per heavy atom. The molecule has 0 aromatic heterocycles. The highest BCUT2D eigenvalue weighted by molar-refractivity contribution is 6.40. The van der Waals surface area contributed by atoms with Crippen molar-refractivity contribution in [2.24, 2.45) is 0 Å². The SMILES string of the molecule is N#Cc1ccccc1CB(O)O. The number of benzene rings is 1. The van der Waals surface area contributed by atoms with Gasteiger partial charge in [0, 0.05) is 6.32 Å². The van der Waals surface area contributed by atoms with E-state index in [2.05, 4.69) is 0 Å². The maximum atomic E-state index is 8.67. The third kappa shape index (κ3) is 2.09. The van der Waals surface area contributed by atoms with E-state index in [0.29, 0.717) is 11.1 Å². The Hall–Kier alpha value is -1.31. The molecular formula is C8H8BNO2. The van der Waals surface area contributed by atoms with Crippen LogP contribution in [0.15, 0.2) is 24.3 Å². The maximum Gasteiger partial charge on any atom is 0.456 e. The van der Waals surface area contributed by atoms with E-state index in [4.69, 9.17) is 15.3 Å². The number of nitrogens with zero attached hydrogens (tertiary/aromatic N) is 1. The second-order valence-corrected chi connectivity index (χ2v) is 2.45. The van der Waals surface area contributed by atoms with Crippen molar-refractivity contribution in [3.8, 4) is 6.07 Å². The van der Waals surface area contributed by atoms with E-state index in [1.54, 1.807) is 24.3 Å². The van der Waals surface area contributed by atoms with Gasteiger partial charge in [0.15, 0.2) is 0 Å². The van der Waals surface area contributed by atoms with Crippen LogP contribution in [0.1, 0.15) is 11.1 Å². The van der Waals surface area contributed by atoms with Gasteiger partial charge >= 0.3 is 7.12 Å².